The van der Waals surface area contributed by atoms with Crippen LogP contribution < -0.4 is 0 Å². The normalized spacial score (nSPS) is 19.9. The molecule has 0 saturated heterocycles. The van der Waals surface area contributed by atoms with Crippen molar-refractivity contribution in [3.05, 3.63) is 53.1 Å². The fourth-order valence-electron chi connectivity index (χ4n) is 3.07. The number of ketones is 1. The molecule has 0 aromatic heterocycles. The first-order valence-electron chi connectivity index (χ1n) is 7.62. The molecule has 23 heavy (non-hydrogen) atoms. The van der Waals surface area contributed by atoms with Crippen molar-refractivity contribution < 1.29 is 22.4 Å². The van der Waals surface area contributed by atoms with E-state index in [-0.39, 0.29) is 5.78 Å². The van der Waals surface area contributed by atoms with Crippen molar-refractivity contribution >= 4 is 17.3 Å². The summed E-state index contributed by atoms with van der Waals surface area (Å²) in [6.45, 7) is 0. The molecule has 0 aliphatic heterocycles. The van der Waals surface area contributed by atoms with Gasteiger partial charge in [0.2, 0.25) is 0 Å². The van der Waals surface area contributed by atoms with E-state index in [1.165, 1.54) is 18.1 Å². The lowest BCUT2D eigenvalue weighted by Gasteiger charge is -2.20. The number of allylic oxidation sites excluding steroid dienone is 4. The Balaban J connectivity index is 2.06. The highest BCUT2D eigenvalue weighted by molar-refractivity contribution is 6.14. The molecule has 2 aliphatic rings. The van der Waals surface area contributed by atoms with E-state index in [0.29, 0.717) is 5.56 Å². The number of carbonyl (C=O) groups is 1. The molecular formula is C18H16F3O2+. The van der Waals surface area contributed by atoms with Crippen molar-refractivity contribution in [1.29, 1.82) is 0 Å². The largest absolute Gasteiger partial charge is 0.687 e. The molecule has 0 heterocycles. The molecule has 0 amide bonds. The van der Waals surface area contributed by atoms with Crippen molar-refractivity contribution in [2.45, 2.75) is 38.3 Å². The molecule has 0 unspecified atom stereocenters. The van der Waals surface area contributed by atoms with Gasteiger partial charge in [0.05, 0.1) is 10.4 Å². The van der Waals surface area contributed by atoms with E-state index >= 15 is 0 Å². The fourth-order valence-corrected chi connectivity index (χ4v) is 3.07. The van der Waals surface area contributed by atoms with Crippen LogP contribution in [0, 0.1) is 0 Å². The van der Waals surface area contributed by atoms with Gasteiger partial charge in [0.25, 0.3) is 5.78 Å². The van der Waals surface area contributed by atoms with Gasteiger partial charge in [-0.1, -0.05) is 30.2 Å². The number of rotatable bonds is 0. The van der Waals surface area contributed by atoms with Crippen LogP contribution in [0.5, 0.6) is 0 Å². The maximum atomic E-state index is 12.4. The Hall–Kier alpha value is -2.17. The fraction of sp³-hybridized carbons (Fsp3) is 0.333. The third-order valence-electron chi connectivity index (χ3n) is 4.16. The molecule has 2 aliphatic carbocycles. The van der Waals surface area contributed by atoms with E-state index in [0.717, 1.165) is 36.8 Å². The first kappa shape index (κ1) is 15.7. The second-order valence-electron chi connectivity index (χ2n) is 5.71. The second-order valence-corrected chi connectivity index (χ2v) is 5.71. The average molecular weight is 321 g/mol. The standard InChI is InChI=1S/C18H16F3O2/c19-18(20,21)17(22)23-16-11-10-13(12-6-2-1-3-7-12)14-8-4-5-9-15(14)16/h4-5,8-11H,1-3,6-7H2/q+1. The quantitative estimate of drug-likeness (QED) is 0.632. The first-order valence-corrected chi connectivity index (χ1v) is 7.62. The zero-order valence-corrected chi connectivity index (χ0v) is 12.5. The first-order chi connectivity index (χ1) is 11.0. The minimum atomic E-state index is -5.00. The van der Waals surface area contributed by atoms with Crippen LogP contribution in [0.15, 0.2) is 42.0 Å². The van der Waals surface area contributed by atoms with Crippen LogP contribution in [-0.2, 0) is 4.79 Å². The molecule has 1 aromatic carbocycles. The Morgan fingerprint density at radius 2 is 1.61 bits per heavy atom. The van der Waals surface area contributed by atoms with Crippen LogP contribution in [-0.4, -0.2) is 17.9 Å². The van der Waals surface area contributed by atoms with E-state index in [4.69, 9.17) is 0 Å². The number of fused-ring (bicyclic) bond motifs is 1. The molecule has 2 nitrogen and oxygen atoms in total. The van der Waals surface area contributed by atoms with Crippen LogP contribution in [0.3, 0.4) is 0 Å². The van der Waals surface area contributed by atoms with Gasteiger partial charge < -0.3 is 0 Å². The van der Waals surface area contributed by atoms with Crippen LogP contribution in [0.2, 0.25) is 0 Å². The van der Waals surface area contributed by atoms with Crippen molar-refractivity contribution in [3.8, 4) is 0 Å². The van der Waals surface area contributed by atoms with Crippen molar-refractivity contribution in [2.75, 3.05) is 0 Å². The molecule has 3 rings (SSSR count). The zero-order chi connectivity index (χ0) is 16.4. The summed E-state index contributed by atoms with van der Waals surface area (Å²) < 4.78 is 41.8. The molecule has 1 aromatic rings. The van der Waals surface area contributed by atoms with Crippen LogP contribution in [0.4, 0.5) is 13.2 Å². The molecule has 1 saturated carbocycles. The van der Waals surface area contributed by atoms with Crippen molar-refractivity contribution in [3.63, 3.8) is 0 Å². The van der Waals surface area contributed by atoms with Crippen molar-refractivity contribution in [2.24, 2.45) is 0 Å². The van der Waals surface area contributed by atoms with E-state index in [1.54, 1.807) is 18.2 Å². The Morgan fingerprint density at radius 1 is 0.957 bits per heavy atom. The minimum Gasteiger partial charge on any atom is -0.264 e. The Kier molecular flexibility index (Phi) is 4.20. The highest BCUT2D eigenvalue weighted by Crippen LogP contribution is 2.35. The third kappa shape index (κ3) is 3.28. The Labute approximate surface area is 132 Å². The molecule has 0 N–H and O–H groups in total. The monoisotopic (exact) mass is 321 g/mol. The van der Waals surface area contributed by atoms with Gasteiger partial charge in [-0.2, -0.15) is 13.2 Å². The predicted molar refractivity (Wildman–Crippen MR) is 81.0 cm³/mol. The van der Waals surface area contributed by atoms with E-state index in [9.17, 15) is 18.0 Å². The molecule has 5 heteroatoms. The maximum Gasteiger partial charge on any atom is 0.687 e. The van der Waals surface area contributed by atoms with E-state index in [1.807, 2.05) is 12.1 Å². The predicted octanol–water partition coefficient (Wildman–Crippen LogP) is 4.78. The lowest BCUT2D eigenvalue weighted by Crippen LogP contribution is -2.23. The number of hydrogen-bond donors (Lipinski definition) is 0. The van der Waals surface area contributed by atoms with Crippen LogP contribution >= 0.6 is 0 Å². The zero-order valence-electron chi connectivity index (χ0n) is 12.5. The second kappa shape index (κ2) is 6.14. The van der Waals surface area contributed by atoms with Crippen molar-refractivity contribution in [1.82, 2.24) is 0 Å². The van der Waals surface area contributed by atoms with Gasteiger partial charge >= 0.3 is 12.1 Å². The summed E-state index contributed by atoms with van der Waals surface area (Å²) in [5, 5.41) is 0. The Bertz CT molecular complexity index is 716. The lowest BCUT2D eigenvalue weighted by molar-refractivity contribution is -0.292. The van der Waals surface area contributed by atoms with E-state index < -0.39 is 12.1 Å². The highest BCUT2D eigenvalue weighted by atomic mass is 19.4. The van der Waals surface area contributed by atoms with Gasteiger partial charge in [-0.3, -0.25) is 4.42 Å². The number of benzene rings is 1. The number of hydrogen-bond acceptors (Lipinski definition) is 1. The lowest BCUT2D eigenvalue weighted by atomic mass is 9.83. The smallest absolute Gasteiger partial charge is 0.264 e. The average Bonchev–Trinajstić information content (AvgIpc) is 2.55. The van der Waals surface area contributed by atoms with Gasteiger partial charge in [-0.25, -0.2) is 0 Å². The highest BCUT2D eigenvalue weighted by Gasteiger charge is 2.52. The number of halogens is 3. The summed E-state index contributed by atoms with van der Waals surface area (Å²) in [4.78, 5) is 11.1. The molecule has 0 bridgehead atoms. The van der Waals surface area contributed by atoms with Crippen LogP contribution in [0.25, 0.3) is 5.57 Å². The molecule has 0 radical (unpaired) electrons. The summed E-state index contributed by atoms with van der Waals surface area (Å²) in [6, 6.07) is 7.10. The maximum absolute atomic E-state index is 12.4. The summed E-state index contributed by atoms with van der Waals surface area (Å²) >= 11 is 0. The summed E-state index contributed by atoms with van der Waals surface area (Å²) in [5.74, 6) is -2.25. The topological polar surface area (TPSA) is 28.4 Å². The SMILES string of the molecule is O=C([O+]=C1C=CC(=C2CCCCC2)c2ccccc21)C(F)(F)F. The molecule has 0 spiro atoms. The van der Waals surface area contributed by atoms with Crippen LogP contribution in [0.1, 0.15) is 47.7 Å². The molecule has 1 fully saturated rings. The van der Waals surface area contributed by atoms with Gasteiger partial charge in [0.1, 0.15) is 0 Å². The number of carbonyl (C=O) groups excluding carboxylic acids is 2. The van der Waals surface area contributed by atoms with Gasteiger partial charge in [0, 0.05) is 6.08 Å². The summed E-state index contributed by atoms with van der Waals surface area (Å²) in [5.41, 5.74) is 3.73. The van der Waals surface area contributed by atoms with E-state index in [2.05, 4.69) is 4.42 Å². The van der Waals surface area contributed by atoms with Gasteiger partial charge in [-0.05, 0) is 49.0 Å². The minimum absolute atomic E-state index is 0.0527. The Morgan fingerprint density at radius 3 is 2.26 bits per heavy atom. The molecule has 0 atom stereocenters. The number of alkyl halides is 3. The van der Waals surface area contributed by atoms with Gasteiger partial charge in [0.15, 0.2) is 0 Å². The summed E-state index contributed by atoms with van der Waals surface area (Å²) in [6.07, 6.45) is 3.71. The summed E-state index contributed by atoms with van der Waals surface area (Å²) in [7, 11) is 0. The van der Waals surface area contributed by atoms with Gasteiger partial charge in [-0.15, -0.1) is 0 Å². The molecular weight excluding hydrogens is 305 g/mol. The third-order valence-corrected chi connectivity index (χ3v) is 4.16. The molecule has 120 valence electrons.